The summed E-state index contributed by atoms with van der Waals surface area (Å²) >= 11 is 0. The summed E-state index contributed by atoms with van der Waals surface area (Å²) in [4.78, 5) is 10.1. The van der Waals surface area contributed by atoms with Crippen molar-refractivity contribution in [1.82, 2.24) is 9.97 Å². The highest BCUT2D eigenvalue weighted by Crippen LogP contribution is 2.17. The van der Waals surface area contributed by atoms with Crippen LogP contribution in [0.4, 0.5) is 5.95 Å². The van der Waals surface area contributed by atoms with Gasteiger partial charge in [0.05, 0.1) is 11.0 Å². The minimum atomic E-state index is 0.847. The molecule has 0 aliphatic rings. The lowest BCUT2D eigenvalue weighted by Gasteiger charge is -2.15. The number of hydrogen-bond acceptors (Lipinski definition) is 2. The Hall–Kier alpha value is -2.29. The molecule has 3 heteroatoms. The van der Waals surface area contributed by atoms with E-state index in [0.29, 0.717) is 0 Å². The highest BCUT2D eigenvalue weighted by molar-refractivity contribution is 5.77. The molecule has 0 saturated carbocycles. The molecule has 1 aromatic heterocycles. The van der Waals surface area contributed by atoms with Gasteiger partial charge < -0.3 is 9.88 Å². The number of fused-ring (bicyclic) bond motifs is 1. The van der Waals surface area contributed by atoms with Crippen LogP contribution in [0.3, 0.4) is 0 Å². The first-order chi connectivity index (χ1) is 9.22. The van der Waals surface area contributed by atoms with Crippen molar-refractivity contribution >= 4 is 17.0 Å². The monoisotopic (exact) mass is 251 g/mol. The highest BCUT2D eigenvalue weighted by atomic mass is 15.2. The molecule has 96 valence electrons. The van der Waals surface area contributed by atoms with Crippen molar-refractivity contribution in [3.05, 3.63) is 59.7 Å². The van der Waals surface area contributed by atoms with Gasteiger partial charge in [0, 0.05) is 13.6 Å². The summed E-state index contributed by atoms with van der Waals surface area (Å²) < 4.78 is 0. The number of aromatic amines is 1. The molecule has 1 heterocycles. The first kappa shape index (κ1) is 11.8. The molecule has 0 unspecified atom stereocenters. The molecule has 2 aromatic carbocycles. The second kappa shape index (κ2) is 4.76. The third kappa shape index (κ3) is 2.45. The predicted molar refractivity (Wildman–Crippen MR) is 79.4 cm³/mol. The Kier molecular flexibility index (Phi) is 2.95. The molecule has 3 rings (SSSR count). The Morgan fingerprint density at radius 1 is 1.05 bits per heavy atom. The normalized spacial score (nSPS) is 10.8. The van der Waals surface area contributed by atoms with E-state index >= 15 is 0 Å². The van der Waals surface area contributed by atoms with E-state index in [1.54, 1.807) is 0 Å². The van der Waals surface area contributed by atoms with E-state index in [0.717, 1.165) is 23.5 Å². The van der Waals surface area contributed by atoms with Gasteiger partial charge in [-0.2, -0.15) is 0 Å². The summed E-state index contributed by atoms with van der Waals surface area (Å²) in [5, 5.41) is 0. The van der Waals surface area contributed by atoms with Crippen molar-refractivity contribution in [1.29, 1.82) is 0 Å². The summed E-state index contributed by atoms with van der Waals surface area (Å²) in [6, 6.07) is 16.7. The van der Waals surface area contributed by atoms with Crippen LogP contribution >= 0.6 is 0 Å². The standard InChI is InChI=1S/C16H17N3/c1-12-7-9-13(10-8-12)11-19(2)16-17-14-5-3-4-6-15(14)18-16/h3-10H,11H2,1-2H3,(H,17,18). The Bertz CT molecular complexity index is 650. The van der Waals surface area contributed by atoms with Gasteiger partial charge in [0.2, 0.25) is 5.95 Å². The number of hydrogen-bond donors (Lipinski definition) is 1. The van der Waals surface area contributed by atoms with Crippen LogP contribution in [-0.4, -0.2) is 17.0 Å². The Morgan fingerprint density at radius 3 is 2.53 bits per heavy atom. The Morgan fingerprint density at radius 2 is 1.79 bits per heavy atom. The van der Waals surface area contributed by atoms with Gasteiger partial charge in [-0.1, -0.05) is 42.0 Å². The van der Waals surface area contributed by atoms with Crippen molar-refractivity contribution in [2.45, 2.75) is 13.5 Å². The van der Waals surface area contributed by atoms with Crippen LogP contribution in [-0.2, 0) is 6.54 Å². The first-order valence-corrected chi connectivity index (χ1v) is 6.44. The van der Waals surface area contributed by atoms with Crippen molar-refractivity contribution < 1.29 is 0 Å². The molecule has 0 saturated heterocycles. The fraction of sp³-hybridized carbons (Fsp3) is 0.188. The number of nitrogens with one attached hydrogen (secondary N) is 1. The number of aryl methyl sites for hydroxylation is 1. The molecular weight excluding hydrogens is 234 g/mol. The molecule has 0 radical (unpaired) electrons. The minimum Gasteiger partial charge on any atom is -0.341 e. The van der Waals surface area contributed by atoms with Crippen LogP contribution in [0.1, 0.15) is 11.1 Å². The molecule has 0 spiro atoms. The maximum absolute atomic E-state index is 4.60. The lowest BCUT2D eigenvalue weighted by atomic mass is 10.1. The molecule has 1 N–H and O–H groups in total. The summed E-state index contributed by atoms with van der Waals surface area (Å²) in [6.45, 7) is 2.95. The fourth-order valence-electron chi connectivity index (χ4n) is 2.16. The molecular formula is C16H17N3. The van der Waals surface area contributed by atoms with Gasteiger partial charge in [-0.05, 0) is 24.6 Å². The quantitative estimate of drug-likeness (QED) is 0.772. The van der Waals surface area contributed by atoms with Gasteiger partial charge in [-0.25, -0.2) is 4.98 Å². The van der Waals surface area contributed by atoms with Crippen molar-refractivity contribution in [2.24, 2.45) is 0 Å². The second-order valence-electron chi connectivity index (χ2n) is 4.92. The fourth-order valence-corrected chi connectivity index (χ4v) is 2.16. The van der Waals surface area contributed by atoms with E-state index < -0.39 is 0 Å². The van der Waals surface area contributed by atoms with Crippen molar-refractivity contribution in [3.63, 3.8) is 0 Å². The first-order valence-electron chi connectivity index (χ1n) is 6.44. The Labute approximate surface area is 112 Å². The van der Waals surface area contributed by atoms with Gasteiger partial charge in [0.1, 0.15) is 0 Å². The SMILES string of the molecule is Cc1ccc(CN(C)c2nc3ccccc3[nH]2)cc1. The predicted octanol–water partition coefficient (Wildman–Crippen LogP) is 3.51. The van der Waals surface area contributed by atoms with E-state index in [9.17, 15) is 0 Å². The number of para-hydroxylation sites is 2. The van der Waals surface area contributed by atoms with Gasteiger partial charge in [0.15, 0.2) is 0 Å². The van der Waals surface area contributed by atoms with Crippen molar-refractivity contribution in [3.8, 4) is 0 Å². The lowest BCUT2D eigenvalue weighted by Crippen LogP contribution is -2.17. The van der Waals surface area contributed by atoms with Crippen LogP contribution in [0.25, 0.3) is 11.0 Å². The maximum atomic E-state index is 4.60. The summed E-state index contributed by atoms with van der Waals surface area (Å²) in [7, 11) is 2.05. The largest absolute Gasteiger partial charge is 0.341 e. The topological polar surface area (TPSA) is 31.9 Å². The summed E-state index contributed by atoms with van der Waals surface area (Å²) in [5.41, 5.74) is 4.66. The van der Waals surface area contributed by atoms with Gasteiger partial charge in [0.25, 0.3) is 0 Å². The summed E-state index contributed by atoms with van der Waals surface area (Å²) in [5.74, 6) is 0.904. The smallest absolute Gasteiger partial charge is 0.203 e. The molecule has 0 atom stereocenters. The second-order valence-corrected chi connectivity index (χ2v) is 4.92. The number of rotatable bonds is 3. The zero-order valence-corrected chi connectivity index (χ0v) is 11.2. The van der Waals surface area contributed by atoms with Crippen LogP contribution in [0, 0.1) is 6.92 Å². The molecule has 0 amide bonds. The van der Waals surface area contributed by atoms with E-state index in [4.69, 9.17) is 0 Å². The van der Waals surface area contributed by atoms with Gasteiger partial charge >= 0.3 is 0 Å². The third-order valence-corrected chi connectivity index (χ3v) is 3.28. The maximum Gasteiger partial charge on any atom is 0.203 e. The van der Waals surface area contributed by atoms with Gasteiger partial charge in [-0.3, -0.25) is 0 Å². The average molecular weight is 251 g/mol. The number of benzene rings is 2. The third-order valence-electron chi connectivity index (χ3n) is 3.28. The Balaban J connectivity index is 1.83. The lowest BCUT2D eigenvalue weighted by molar-refractivity contribution is 0.884. The number of H-pyrrole nitrogens is 1. The number of aromatic nitrogens is 2. The number of imidazole rings is 1. The molecule has 3 aromatic rings. The average Bonchev–Trinajstić information content (AvgIpc) is 2.85. The van der Waals surface area contributed by atoms with Crippen LogP contribution < -0.4 is 4.90 Å². The van der Waals surface area contributed by atoms with E-state index in [1.807, 2.05) is 24.3 Å². The van der Waals surface area contributed by atoms with Crippen LogP contribution in [0.2, 0.25) is 0 Å². The van der Waals surface area contributed by atoms with Crippen molar-refractivity contribution in [2.75, 3.05) is 11.9 Å². The minimum absolute atomic E-state index is 0.847. The highest BCUT2D eigenvalue weighted by Gasteiger charge is 2.07. The summed E-state index contributed by atoms with van der Waals surface area (Å²) in [6.07, 6.45) is 0. The molecule has 3 nitrogen and oxygen atoms in total. The molecule has 19 heavy (non-hydrogen) atoms. The van der Waals surface area contributed by atoms with E-state index in [-0.39, 0.29) is 0 Å². The molecule has 0 aliphatic carbocycles. The molecule has 0 bridgehead atoms. The van der Waals surface area contributed by atoms with Crippen LogP contribution in [0.15, 0.2) is 48.5 Å². The van der Waals surface area contributed by atoms with Crippen LogP contribution in [0.5, 0.6) is 0 Å². The molecule has 0 aliphatic heterocycles. The zero-order valence-electron chi connectivity index (χ0n) is 11.2. The number of nitrogens with zero attached hydrogens (tertiary/aromatic N) is 2. The van der Waals surface area contributed by atoms with E-state index in [2.05, 4.69) is 53.1 Å². The number of anilines is 1. The zero-order chi connectivity index (χ0) is 13.2. The molecule has 0 fully saturated rings. The van der Waals surface area contributed by atoms with Gasteiger partial charge in [-0.15, -0.1) is 0 Å². The van der Waals surface area contributed by atoms with E-state index in [1.165, 1.54) is 11.1 Å².